The number of carbonyl (C=O) groups is 1. The summed E-state index contributed by atoms with van der Waals surface area (Å²) in [6, 6.07) is 6.09. The highest BCUT2D eigenvalue weighted by molar-refractivity contribution is 14.1. The topological polar surface area (TPSA) is 35.5 Å². The fourth-order valence-corrected chi connectivity index (χ4v) is 2.82. The molecule has 4 heteroatoms. The molecule has 0 saturated heterocycles. The van der Waals surface area contributed by atoms with Crippen LogP contribution < -0.4 is 4.74 Å². The van der Waals surface area contributed by atoms with Crippen molar-refractivity contribution in [2.45, 2.75) is 38.7 Å². The van der Waals surface area contributed by atoms with Crippen LogP contribution in [0.5, 0.6) is 5.75 Å². The van der Waals surface area contributed by atoms with Crippen LogP contribution in [0.3, 0.4) is 0 Å². The molecule has 0 bridgehead atoms. The first-order valence-electron chi connectivity index (χ1n) is 6.98. The van der Waals surface area contributed by atoms with Crippen molar-refractivity contribution in [3.8, 4) is 5.75 Å². The molecule has 0 saturated carbocycles. The molecule has 3 nitrogen and oxygen atoms in total. The number of carbonyl (C=O) groups excluding carboxylic acids is 1. The average Bonchev–Trinajstić information content (AvgIpc) is 2.73. The fraction of sp³-hybridized carbons (Fsp3) is 0.471. The molecule has 0 radical (unpaired) electrons. The normalized spacial score (nSPS) is 21.2. The van der Waals surface area contributed by atoms with Gasteiger partial charge in [-0.1, -0.05) is 41.6 Å². The Kier molecular flexibility index (Phi) is 4.66. The predicted molar refractivity (Wildman–Crippen MR) is 93.1 cm³/mol. The summed E-state index contributed by atoms with van der Waals surface area (Å²) in [6.45, 7) is 8.48. The fourth-order valence-electron chi connectivity index (χ4n) is 2.19. The van der Waals surface area contributed by atoms with E-state index in [4.69, 9.17) is 9.47 Å². The zero-order valence-corrected chi connectivity index (χ0v) is 15.1. The largest absolute Gasteiger partial charge is 0.492 e. The molecule has 0 fully saturated rings. The van der Waals surface area contributed by atoms with Gasteiger partial charge in [0.25, 0.3) is 0 Å². The smallest absolute Gasteiger partial charge is 0.331 e. The summed E-state index contributed by atoms with van der Waals surface area (Å²) in [5.41, 5.74) is 1.80. The van der Waals surface area contributed by atoms with E-state index in [1.807, 2.05) is 32.9 Å². The lowest BCUT2D eigenvalue weighted by Crippen LogP contribution is -2.25. The van der Waals surface area contributed by atoms with E-state index < -0.39 is 5.60 Å². The Morgan fingerprint density at radius 2 is 2.19 bits per heavy atom. The third-order valence-electron chi connectivity index (χ3n) is 3.32. The number of benzene rings is 1. The van der Waals surface area contributed by atoms with Crippen LogP contribution in [0.4, 0.5) is 0 Å². The van der Waals surface area contributed by atoms with Gasteiger partial charge in [-0.2, -0.15) is 0 Å². The van der Waals surface area contributed by atoms with Crippen molar-refractivity contribution < 1.29 is 14.3 Å². The summed E-state index contributed by atoms with van der Waals surface area (Å²) >= 11 is 2.39. The molecule has 0 aromatic heterocycles. The minimum Gasteiger partial charge on any atom is -0.492 e. The van der Waals surface area contributed by atoms with E-state index in [0.29, 0.717) is 6.61 Å². The van der Waals surface area contributed by atoms with Gasteiger partial charge in [0.1, 0.15) is 11.4 Å². The summed E-state index contributed by atoms with van der Waals surface area (Å²) in [4.78, 5) is 11.7. The third-order valence-corrected chi connectivity index (χ3v) is 5.00. The lowest BCUT2D eigenvalue weighted by atomic mass is 9.86. The summed E-state index contributed by atoms with van der Waals surface area (Å²) in [7, 11) is 0. The summed E-state index contributed by atoms with van der Waals surface area (Å²) in [5, 5.41) is 0. The second kappa shape index (κ2) is 5.99. The van der Waals surface area contributed by atoms with Crippen molar-refractivity contribution in [2.75, 3.05) is 11.0 Å². The molecule has 1 aliphatic rings. The van der Waals surface area contributed by atoms with Crippen molar-refractivity contribution >= 4 is 34.6 Å². The number of hydrogen-bond acceptors (Lipinski definition) is 3. The molecule has 21 heavy (non-hydrogen) atoms. The third kappa shape index (κ3) is 3.99. The van der Waals surface area contributed by atoms with Crippen molar-refractivity contribution in [1.29, 1.82) is 0 Å². The van der Waals surface area contributed by atoms with E-state index in [1.54, 1.807) is 6.08 Å². The molecule has 0 aliphatic carbocycles. The van der Waals surface area contributed by atoms with Gasteiger partial charge in [-0.25, -0.2) is 4.79 Å². The maximum atomic E-state index is 11.7. The van der Waals surface area contributed by atoms with Gasteiger partial charge in [0.15, 0.2) is 0 Å². The van der Waals surface area contributed by atoms with Crippen molar-refractivity contribution in [3.05, 3.63) is 35.4 Å². The highest BCUT2D eigenvalue weighted by atomic mass is 127. The van der Waals surface area contributed by atoms with Crippen LogP contribution in [0.25, 0.3) is 6.08 Å². The van der Waals surface area contributed by atoms with Gasteiger partial charge in [0.05, 0.1) is 6.61 Å². The number of ether oxygens (including phenoxy) is 2. The van der Waals surface area contributed by atoms with E-state index in [2.05, 4.69) is 35.6 Å². The number of fused-ring (bicyclic) bond motifs is 1. The van der Waals surface area contributed by atoms with Crippen LogP contribution in [0.2, 0.25) is 0 Å². The Morgan fingerprint density at radius 1 is 1.48 bits per heavy atom. The maximum Gasteiger partial charge on any atom is 0.331 e. The average molecular weight is 400 g/mol. The highest BCUT2D eigenvalue weighted by Crippen LogP contribution is 2.40. The molecular formula is C17H21IO3. The van der Waals surface area contributed by atoms with Crippen LogP contribution in [0, 0.1) is 0 Å². The number of hydrogen-bond donors (Lipinski definition) is 0. The van der Waals surface area contributed by atoms with Gasteiger partial charge < -0.3 is 9.47 Å². The molecule has 1 unspecified atom stereocenters. The van der Waals surface area contributed by atoms with Crippen LogP contribution in [-0.2, 0) is 14.9 Å². The molecular weight excluding hydrogens is 379 g/mol. The molecule has 1 aromatic carbocycles. The molecule has 114 valence electrons. The minimum atomic E-state index is -0.468. The Morgan fingerprint density at radius 3 is 2.81 bits per heavy atom. The zero-order valence-electron chi connectivity index (χ0n) is 12.9. The summed E-state index contributed by atoms with van der Waals surface area (Å²) < 4.78 is 12.0. The van der Waals surface area contributed by atoms with E-state index in [9.17, 15) is 4.79 Å². The summed E-state index contributed by atoms with van der Waals surface area (Å²) in [6.07, 6.45) is 3.22. The van der Waals surface area contributed by atoms with Crippen molar-refractivity contribution in [3.63, 3.8) is 0 Å². The Hall–Kier alpha value is -1.04. The number of alkyl halides is 1. The Labute approximate surface area is 139 Å². The molecule has 1 aromatic rings. The van der Waals surface area contributed by atoms with E-state index in [1.165, 1.54) is 11.6 Å². The molecule has 2 rings (SSSR count). The molecule has 0 N–H and O–H groups in total. The predicted octanol–water partition coefficient (Wildman–Crippen LogP) is 4.13. The molecule has 1 atom stereocenters. The van der Waals surface area contributed by atoms with Gasteiger partial charge >= 0.3 is 5.97 Å². The first-order valence-corrected chi connectivity index (χ1v) is 8.50. The van der Waals surface area contributed by atoms with Gasteiger partial charge in [-0.15, -0.1) is 0 Å². The number of halogens is 1. The van der Waals surface area contributed by atoms with Crippen LogP contribution >= 0.6 is 22.6 Å². The second-order valence-electron chi connectivity index (χ2n) is 6.61. The summed E-state index contributed by atoms with van der Waals surface area (Å²) in [5.74, 6) is 0.585. The standard InChI is InChI=1S/C17H21IO3/c1-16(2,3)21-15(19)8-6-12-5-7-13-14(9-12)20-11-17(13,4)10-18/h5-9H,10-11H2,1-4H3/b8-6+. The highest BCUT2D eigenvalue weighted by Gasteiger charge is 2.35. The zero-order chi connectivity index (χ0) is 15.7. The van der Waals surface area contributed by atoms with Crippen molar-refractivity contribution in [2.24, 2.45) is 0 Å². The Bertz CT molecular complexity index is 572. The lowest BCUT2D eigenvalue weighted by molar-refractivity contribution is -0.148. The van der Waals surface area contributed by atoms with Crippen LogP contribution in [-0.4, -0.2) is 22.6 Å². The number of esters is 1. The second-order valence-corrected chi connectivity index (χ2v) is 7.37. The number of rotatable bonds is 3. The van der Waals surface area contributed by atoms with Gasteiger partial charge in [-0.05, 0) is 38.5 Å². The van der Waals surface area contributed by atoms with Crippen LogP contribution in [0.15, 0.2) is 24.3 Å². The molecule has 1 aliphatic heterocycles. The molecule has 0 amide bonds. The molecule has 1 heterocycles. The minimum absolute atomic E-state index is 0.0866. The van der Waals surface area contributed by atoms with Crippen molar-refractivity contribution in [1.82, 2.24) is 0 Å². The first-order chi connectivity index (χ1) is 9.73. The van der Waals surface area contributed by atoms with Gasteiger partial charge in [-0.3, -0.25) is 0 Å². The maximum absolute atomic E-state index is 11.7. The monoisotopic (exact) mass is 400 g/mol. The first kappa shape index (κ1) is 16.3. The van der Waals surface area contributed by atoms with Crippen LogP contribution in [0.1, 0.15) is 38.8 Å². The quantitative estimate of drug-likeness (QED) is 0.331. The van der Waals surface area contributed by atoms with Gasteiger partial charge in [0, 0.05) is 21.5 Å². The van der Waals surface area contributed by atoms with Gasteiger partial charge in [0.2, 0.25) is 0 Å². The van der Waals surface area contributed by atoms with E-state index >= 15 is 0 Å². The Balaban J connectivity index is 2.12. The molecule has 0 spiro atoms. The van der Waals surface area contributed by atoms with E-state index in [0.717, 1.165) is 15.7 Å². The SMILES string of the molecule is CC(C)(C)OC(=O)/C=C/c1ccc2c(c1)OCC2(C)CI. The van der Waals surface area contributed by atoms with E-state index in [-0.39, 0.29) is 11.4 Å². The lowest BCUT2D eigenvalue weighted by Gasteiger charge is -2.18.